The van der Waals surface area contributed by atoms with Crippen molar-refractivity contribution in [1.82, 2.24) is 14.5 Å². The summed E-state index contributed by atoms with van der Waals surface area (Å²) in [6.07, 6.45) is 1.71. The number of para-hydroxylation sites is 2. The lowest BCUT2D eigenvalue weighted by Gasteiger charge is -2.31. The van der Waals surface area contributed by atoms with Gasteiger partial charge in [-0.3, -0.25) is 14.3 Å². The van der Waals surface area contributed by atoms with Crippen molar-refractivity contribution >= 4 is 38.6 Å². The van der Waals surface area contributed by atoms with Crippen LogP contribution >= 0.6 is 15.9 Å². The monoisotopic (exact) mass is 530 g/mol. The van der Waals surface area contributed by atoms with Crippen molar-refractivity contribution < 1.29 is 4.79 Å². The summed E-state index contributed by atoms with van der Waals surface area (Å²) in [4.78, 5) is 20.3. The Morgan fingerprint density at radius 2 is 1.77 bits per heavy atom. The molecule has 35 heavy (non-hydrogen) atoms. The number of amides is 1. The second-order valence-corrected chi connectivity index (χ2v) is 10.6. The molecular weight excluding hydrogens is 500 g/mol. The van der Waals surface area contributed by atoms with Crippen LogP contribution in [0.4, 0.5) is 5.69 Å². The van der Waals surface area contributed by atoms with Gasteiger partial charge in [0, 0.05) is 21.8 Å². The largest absolute Gasteiger partial charge is 0.326 e. The van der Waals surface area contributed by atoms with Crippen LogP contribution in [0.3, 0.4) is 0 Å². The van der Waals surface area contributed by atoms with E-state index in [2.05, 4.69) is 93.1 Å². The molecule has 4 aromatic rings. The van der Waals surface area contributed by atoms with Crippen molar-refractivity contribution in [1.29, 1.82) is 0 Å². The first kappa shape index (κ1) is 23.8. The first-order chi connectivity index (χ1) is 17.0. The van der Waals surface area contributed by atoms with Crippen molar-refractivity contribution in [2.45, 2.75) is 39.2 Å². The molecule has 1 aliphatic rings. The van der Waals surface area contributed by atoms with E-state index in [1.807, 2.05) is 24.3 Å². The number of carbonyl (C=O) groups is 1. The van der Waals surface area contributed by atoms with E-state index in [9.17, 15) is 4.79 Å². The summed E-state index contributed by atoms with van der Waals surface area (Å²) in [5.74, 6) is 1.68. The van der Waals surface area contributed by atoms with Gasteiger partial charge in [-0.25, -0.2) is 4.98 Å². The van der Waals surface area contributed by atoms with Gasteiger partial charge in [0.05, 0.1) is 17.6 Å². The molecule has 0 spiro atoms. The van der Waals surface area contributed by atoms with Crippen LogP contribution < -0.4 is 5.32 Å². The Kier molecular flexibility index (Phi) is 7.02. The number of nitrogens with zero attached hydrogens (tertiary/aromatic N) is 3. The zero-order valence-electron chi connectivity index (χ0n) is 20.2. The lowest BCUT2D eigenvalue weighted by atomic mass is 9.95. The highest BCUT2D eigenvalue weighted by Crippen LogP contribution is 2.27. The van der Waals surface area contributed by atoms with E-state index < -0.39 is 0 Å². The van der Waals surface area contributed by atoms with Crippen LogP contribution in [0, 0.1) is 5.92 Å². The number of imidazole rings is 1. The fraction of sp³-hybridized carbons (Fsp3) is 0.310. The molecule has 1 aliphatic heterocycles. The molecule has 5 nitrogen and oxygen atoms in total. The number of hydrogen-bond acceptors (Lipinski definition) is 3. The van der Waals surface area contributed by atoms with Crippen LogP contribution in [-0.4, -0.2) is 33.4 Å². The highest BCUT2D eigenvalue weighted by molar-refractivity contribution is 9.10. The van der Waals surface area contributed by atoms with Gasteiger partial charge in [-0.1, -0.05) is 60.1 Å². The van der Waals surface area contributed by atoms with Gasteiger partial charge in [-0.05, 0) is 79.9 Å². The van der Waals surface area contributed by atoms with E-state index >= 15 is 0 Å². The fourth-order valence-corrected chi connectivity index (χ4v) is 5.22. The summed E-state index contributed by atoms with van der Waals surface area (Å²) in [7, 11) is 0. The summed E-state index contributed by atoms with van der Waals surface area (Å²) < 4.78 is 3.30. The van der Waals surface area contributed by atoms with Crippen molar-refractivity contribution in [2.75, 3.05) is 18.4 Å². The molecule has 0 aliphatic carbocycles. The molecule has 5 rings (SSSR count). The van der Waals surface area contributed by atoms with Gasteiger partial charge in [0.15, 0.2) is 0 Å². The van der Waals surface area contributed by atoms with Crippen LogP contribution in [0.1, 0.15) is 44.0 Å². The van der Waals surface area contributed by atoms with Gasteiger partial charge in [0.1, 0.15) is 5.82 Å². The van der Waals surface area contributed by atoms with Gasteiger partial charge >= 0.3 is 0 Å². The van der Waals surface area contributed by atoms with Gasteiger partial charge < -0.3 is 5.32 Å². The normalized spacial score (nSPS) is 15.1. The molecule has 0 bridgehead atoms. The van der Waals surface area contributed by atoms with E-state index in [0.29, 0.717) is 5.92 Å². The summed E-state index contributed by atoms with van der Waals surface area (Å²) in [5, 5.41) is 3.12. The maximum atomic E-state index is 12.9. The third-order valence-electron chi connectivity index (χ3n) is 6.86. The van der Waals surface area contributed by atoms with E-state index in [0.717, 1.165) is 65.2 Å². The number of fused-ring (bicyclic) bond motifs is 1. The lowest BCUT2D eigenvalue weighted by molar-refractivity contribution is -0.121. The smallest absolute Gasteiger partial charge is 0.227 e. The van der Waals surface area contributed by atoms with Crippen LogP contribution in [0.25, 0.3) is 16.7 Å². The standard InChI is InChI=1S/C29H31BrN4O/c1-20(2)21-10-12-24(13-11-21)31-29(35)22-14-16-33(17-15-22)19-28-32-26-8-3-4-9-27(26)34(28)25-7-5-6-23(30)18-25/h3-13,18,20,22H,14-17,19H2,1-2H3,(H,31,35). The van der Waals surface area contributed by atoms with Crippen molar-refractivity contribution in [3.8, 4) is 5.69 Å². The molecule has 0 unspecified atom stereocenters. The van der Waals surface area contributed by atoms with Crippen molar-refractivity contribution in [3.63, 3.8) is 0 Å². The third kappa shape index (κ3) is 5.34. The Morgan fingerprint density at radius 1 is 1.03 bits per heavy atom. The molecule has 180 valence electrons. The van der Waals surface area contributed by atoms with E-state index in [-0.39, 0.29) is 11.8 Å². The predicted molar refractivity (Wildman–Crippen MR) is 146 cm³/mol. The number of piperidine rings is 1. The molecule has 1 fully saturated rings. The molecule has 1 amide bonds. The average molecular weight is 531 g/mol. The summed E-state index contributed by atoms with van der Waals surface area (Å²) in [6, 6.07) is 24.8. The lowest BCUT2D eigenvalue weighted by Crippen LogP contribution is -2.38. The molecule has 0 saturated carbocycles. The van der Waals surface area contributed by atoms with E-state index in [4.69, 9.17) is 4.98 Å². The molecule has 1 aromatic heterocycles. The summed E-state index contributed by atoms with van der Waals surface area (Å²) >= 11 is 3.61. The maximum absolute atomic E-state index is 12.9. The van der Waals surface area contributed by atoms with Crippen molar-refractivity contribution in [2.24, 2.45) is 5.92 Å². The van der Waals surface area contributed by atoms with E-state index in [1.54, 1.807) is 0 Å². The highest BCUT2D eigenvalue weighted by atomic mass is 79.9. The third-order valence-corrected chi connectivity index (χ3v) is 7.36. The number of aromatic nitrogens is 2. The summed E-state index contributed by atoms with van der Waals surface area (Å²) in [5.41, 5.74) is 5.37. The second kappa shape index (κ2) is 10.3. The highest BCUT2D eigenvalue weighted by Gasteiger charge is 2.26. The molecule has 1 N–H and O–H groups in total. The van der Waals surface area contributed by atoms with Crippen LogP contribution in [0.15, 0.2) is 77.3 Å². The molecule has 0 atom stereocenters. The second-order valence-electron chi connectivity index (χ2n) is 9.65. The Bertz CT molecular complexity index is 1320. The Labute approximate surface area is 215 Å². The number of rotatable bonds is 6. The number of anilines is 1. The Balaban J connectivity index is 1.26. The topological polar surface area (TPSA) is 50.2 Å². The number of halogens is 1. The first-order valence-corrected chi connectivity index (χ1v) is 13.1. The zero-order valence-corrected chi connectivity index (χ0v) is 21.8. The summed E-state index contributed by atoms with van der Waals surface area (Å²) in [6.45, 7) is 6.87. The van der Waals surface area contributed by atoms with Crippen molar-refractivity contribution in [3.05, 3.63) is 88.7 Å². The van der Waals surface area contributed by atoms with Gasteiger partial charge in [-0.15, -0.1) is 0 Å². The molecule has 2 heterocycles. The zero-order chi connectivity index (χ0) is 24.4. The van der Waals surface area contributed by atoms with Crippen LogP contribution in [0.5, 0.6) is 0 Å². The Hall–Kier alpha value is -2.96. The average Bonchev–Trinajstić information content (AvgIpc) is 3.22. The van der Waals surface area contributed by atoms with Crippen LogP contribution in [0.2, 0.25) is 0 Å². The molecule has 3 aromatic carbocycles. The fourth-order valence-electron chi connectivity index (χ4n) is 4.83. The number of benzene rings is 3. The minimum atomic E-state index is 0.0416. The minimum absolute atomic E-state index is 0.0416. The number of carbonyl (C=O) groups excluding carboxylic acids is 1. The Morgan fingerprint density at radius 3 is 2.49 bits per heavy atom. The number of nitrogens with one attached hydrogen (secondary N) is 1. The first-order valence-electron chi connectivity index (χ1n) is 12.3. The molecule has 6 heteroatoms. The number of hydrogen-bond donors (Lipinski definition) is 1. The molecular formula is C29H31BrN4O. The SMILES string of the molecule is CC(C)c1ccc(NC(=O)C2CCN(Cc3nc4ccccc4n3-c3cccc(Br)c3)CC2)cc1. The van der Waals surface area contributed by atoms with Crippen LogP contribution in [-0.2, 0) is 11.3 Å². The molecule has 1 saturated heterocycles. The van der Waals surface area contributed by atoms with Gasteiger partial charge in [0.2, 0.25) is 5.91 Å². The maximum Gasteiger partial charge on any atom is 0.227 e. The number of likely N-dealkylation sites (tertiary alicyclic amines) is 1. The van der Waals surface area contributed by atoms with Gasteiger partial charge in [-0.2, -0.15) is 0 Å². The molecule has 0 radical (unpaired) electrons. The van der Waals surface area contributed by atoms with Gasteiger partial charge in [0.25, 0.3) is 0 Å². The van der Waals surface area contributed by atoms with E-state index in [1.165, 1.54) is 5.56 Å². The quantitative estimate of drug-likeness (QED) is 0.299. The minimum Gasteiger partial charge on any atom is -0.326 e. The predicted octanol–water partition coefficient (Wildman–Crippen LogP) is 6.76.